The molecule has 0 aromatic rings. The van der Waals surface area contributed by atoms with Gasteiger partial charge >= 0.3 is 0 Å². The van der Waals surface area contributed by atoms with Gasteiger partial charge < -0.3 is 15.2 Å². The van der Waals surface area contributed by atoms with Crippen molar-refractivity contribution in [2.24, 2.45) is 0 Å². The van der Waals surface area contributed by atoms with Crippen molar-refractivity contribution in [1.82, 2.24) is 5.32 Å². The molecule has 0 radical (unpaired) electrons. The van der Waals surface area contributed by atoms with E-state index in [1.165, 1.54) is 0 Å². The monoisotopic (exact) mass is 267 g/mol. The Morgan fingerprint density at radius 2 is 2.44 bits per heavy atom. The highest BCUT2D eigenvalue weighted by Gasteiger charge is 2.30. The molecule has 18 heavy (non-hydrogen) atoms. The molecule has 1 heterocycles. The Kier molecular flexibility index (Phi) is 3.82. The van der Waals surface area contributed by atoms with Gasteiger partial charge in [-0.3, -0.25) is 4.79 Å². The van der Waals surface area contributed by atoms with Crippen LogP contribution in [-0.4, -0.2) is 28.5 Å². The lowest BCUT2D eigenvalue weighted by atomic mass is 10.0. The maximum Gasteiger partial charge on any atom is 0.265 e. The number of fused-ring (bicyclic) bond motifs is 1. The van der Waals surface area contributed by atoms with Gasteiger partial charge in [0.25, 0.3) is 5.91 Å². The summed E-state index contributed by atoms with van der Waals surface area (Å²) in [5.41, 5.74) is 0.679. The summed E-state index contributed by atoms with van der Waals surface area (Å²) in [6, 6.07) is 0. The number of ether oxygens (including phenoxy) is 1. The molecule has 4 nitrogen and oxygen atoms in total. The highest BCUT2D eigenvalue weighted by atomic mass is 32.1. The number of amides is 1. The van der Waals surface area contributed by atoms with Crippen molar-refractivity contribution >= 4 is 18.5 Å². The number of aliphatic hydroxyl groups is 1. The number of nitrogens with one attached hydrogen (secondary N) is 1. The van der Waals surface area contributed by atoms with Crippen molar-refractivity contribution in [2.75, 3.05) is 6.61 Å². The summed E-state index contributed by atoms with van der Waals surface area (Å²) < 4.78 is 5.24. The lowest BCUT2D eigenvalue weighted by molar-refractivity contribution is -0.132. The minimum atomic E-state index is -0.633. The fourth-order valence-electron chi connectivity index (χ4n) is 1.92. The van der Waals surface area contributed by atoms with Crippen LogP contribution in [0.2, 0.25) is 0 Å². The van der Waals surface area contributed by atoms with Crippen molar-refractivity contribution in [3.05, 3.63) is 35.8 Å². The Hall–Kier alpha value is -1.20. The van der Waals surface area contributed by atoms with Crippen LogP contribution in [0.4, 0.5) is 0 Å². The first kappa shape index (κ1) is 13.2. The van der Waals surface area contributed by atoms with E-state index in [1.807, 2.05) is 31.2 Å². The Labute approximate surface area is 112 Å². The third-order valence-electron chi connectivity index (χ3n) is 2.81. The van der Waals surface area contributed by atoms with Crippen LogP contribution in [0.1, 0.15) is 19.8 Å². The first-order valence-electron chi connectivity index (χ1n) is 5.94. The zero-order valence-corrected chi connectivity index (χ0v) is 11.1. The van der Waals surface area contributed by atoms with Crippen LogP contribution in [-0.2, 0) is 9.53 Å². The fraction of sp³-hybridized carbons (Fsp3) is 0.462. The summed E-state index contributed by atoms with van der Waals surface area (Å²) in [7, 11) is 0. The molecule has 2 atom stereocenters. The van der Waals surface area contributed by atoms with Gasteiger partial charge in [0.1, 0.15) is 5.76 Å². The van der Waals surface area contributed by atoms with Gasteiger partial charge in [-0.1, -0.05) is 18.2 Å². The molecule has 1 aliphatic carbocycles. The number of allylic oxidation sites excluding steroid dienone is 2. The topological polar surface area (TPSA) is 58.6 Å². The van der Waals surface area contributed by atoms with Gasteiger partial charge in [-0.25, -0.2) is 0 Å². The third-order valence-corrected chi connectivity index (χ3v) is 3.09. The molecule has 1 fully saturated rings. The van der Waals surface area contributed by atoms with Crippen LogP contribution in [0.3, 0.4) is 0 Å². The number of aliphatic hydroxyl groups excluding tert-OH is 1. The van der Waals surface area contributed by atoms with Gasteiger partial charge in [0.2, 0.25) is 0 Å². The average Bonchev–Trinajstić information content (AvgIpc) is 2.28. The van der Waals surface area contributed by atoms with E-state index < -0.39 is 10.9 Å². The number of thiol groups is 1. The van der Waals surface area contributed by atoms with Crippen LogP contribution in [0, 0.1) is 0 Å². The van der Waals surface area contributed by atoms with E-state index in [2.05, 4.69) is 17.9 Å². The van der Waals surface area contributed by atoms with Crippen LogP contribution in [0.5, 0.6) is 0 Å². The smallest absolute Gasteiger partial charge is 0.265 e. The molecule has 0 bridgehead atoms. The van der Waals surface area contributed by atoms with Crippen molar-refractivity contribution in [3.8, 4) is 0 Å². The van der Waals surface area contributed by atoms with Crippen LogP contribution in [0.25, 0.3) is 0 Å². The SMILES string of the molecule is CC1(S)/C=C\C/C=C2/NC(=O)C(CCO)O/C2=C/1. The minimum absolute atomic E-state index is 0.0809. The van der Waals surface area contributed by atoms with E-state index in [0.717, 1.165) is 6.42 Å². The molecule has 2 N–H and O–H groups in total. The van der Waals surface area contributed by atoms with Crippen LogP contribution in [0.15, 0.2) is 35.8 Å². The molecule has 1 saturated heterocycles. The number of hydrogen-bond acceptors (Lipinski definition) is 4. The van der Waals surface area contributed by atoms with E-state index in [4.69, 9.17) is 9.84 Å². The van der Waals surface area contributed by atoms with Crippen molar-refractivity contribution in [2.45, 2.75) is 30.6 Å². The second-order valence-corrected chi connectivity index (χ2v) is 5.56. The molecule has 2 rings (SSSR count). The highest BCUT2D eigenvalue weighted by molar-refractivity contribution is 7.82. The Morgan fingerprint density at radius 1 is 1.67 bits per heavy atom. The van der Waals surface area contributed by atoms with Crippen LogP contribution < -0.4 is 5.32 Å². The summed E-state index contributed by atoms with van der Waals surface area (Å²) in [6.07, 6.45) is 8.12. The number of carbonyl (C=O) groups excluding carboxylic acids is 1. The molecular formula is C13H17NO3S. The van der Waals surface area contributed by atoms with Crippen molar-refractivity contribution in [1.29, 1.82) is 0 Å². The molecule has 0 aromatic heterocycles. The van der Waals surface area contributed by atoms with Gasteiger partial charge in [0.15, 0.2) is 6.10 Å². The molecular weight excluding hydrogens is 250 g/mol. The largest absolute Gasteiger partial charge is 0.479 e. The molecule has 2 aliphatic rings. The maximum atomic E-state index is 11.7. The predicted octanol–water partition coefficient (Wildman–Crippen LogP) is 1.30. The van der Waals surface area contributed by atoms with Gasteiger partial charge in [-0.2, -0.15) is 12.6 Å². The number of carbonyl (C=O) groups is 1. The summed E-state index contributed by atoms with van der Waals surface area (Å²) >= 11 is 4.52. The molecule has 0 aromatic carbocycles. The van der Waals surface area contributed by atoms with E-state index in [9.17, 15) is 4.79 Å². The second-order valence-electron chi connectivity index (χ2n) is 4.60. The Morgan fingerprint density at radius 3 is 3.17 bits per heavy atom. The predicted molar refractivity (Wildman–Crippen MR) is 72.0 cm³/mol. The van der Waals surface area contributed by atoms with E-state index in [-0.39, 0.29) is 18.9 Å². The zero-order valence-electron chi connectivity index (χ0n) is 10.2. The molecule has 98 valence electrons. The zero-order chi connectivity index (χ0) is 13.2. The minimum Gasteiger partial charge on any atom is -0.479 e. The first-order chi connectivity index (χ1) is 8.52. The molecule has 1 amide bonds. The quantitative estimate of drug-likeness (QED) is 0.522. The number of morpholine rings is 1. The van der Waals surface area contributed by atoms with Gasteiger partial charge in [-0.05, 0) is 19.4 Å². The normalized spacial score (nSPS) is 38.8. The molecule has 5 heteroatoms. The molecule has 0 saturated carbocycles. The van der Waals surface area contributed by atoms with Gasteiger partial charge in [-0.15, -0.1) is 0 Å². The summed E-state index contributed by atoms with van der Waals surface area (Å²) in [6.45, 7) is 1.87. The molecule has 1 aliphatic heterocycles. The van der Waals surface area contributed by atoms with E-state index in [1.54, 1.807) is 0 Å². The van der Waals surface area contributed by atoms with Gasteiger partial charge in [0.05, 0.1) is 5.70 Å². The van der Waals surface area contributed by atoms with E-state index in [0.29, 0.717) is 11.5 Å². The fourth-order valence-corrected chi connectivity index (χ4v) is 2.14. The van der Waals surface area contributed by atoms with Crippen molar-refractivity contribution in [3.63, 3.8) is 0 Å². The highest BCUT2D eigenvalue weighted by Crippen LogP contribution is 2.28. The summed E-state index contributed by atoms with van der Waals surface area (Å²) in [5.74, 6) is 0.410. The van der Waals surface area contributed by atoms with Crippen LogP contribution >= 0.6 is 12.6 Å². The number of rotatable bonds is 2. The Balaban J connectivity index is 2.29. The standard InChI is InChI=1S/C13H17NO3S/c1-13(18)6-3-2-4-9-11(8-13)17-10(5-7-15)12(16)14-9/h3-4,6,8,10,15,18H,2,5,7H2,1H3,(H,14,16)/b6-3-,9-4+,11-8+. The van der Waals surface area contributed by atoms with Gasteiger partial charge in [0, 0.05) is 17.8 Å². The molecule has 2 unspecified atom stereocenters. The summed E-state index contributed by atoms with van der Waals surface area (Å²) in [4.78, 5) is 11.7. The Bertz CT molecular complexity index is 438. The number of hydrogen-bond donors (Lipinski definition) is 3. The van der Waals surface area contributed by atoms with E-state index >= 15 is 0 Å². The summed E-state index contributed by atoms with van der Waals surface area (Å²) in [5, 5.41) is 11.7. The average molecular weight is 267 g/mol. The lowest BCUT2D eigenvalue weighted by Crippen LogP contribution is -2.42. The second kappa shape index (κ2) is 5.20. The maximum absolute atomic E-state index is 11.7. The first-order valence-corrected chi connectivity index (χ1v) is 6.38. The van der Waals surface area contributed by atoms with Crippen molar-refractivity contribution < 1.29 is 14.6 Å². The third kappa shape index (κ3) is 2.97. The molecule has 0 spiro atoms. The lowest BCUT2D eigenvalue weighted by Gasteiger charge is -2.30.